The summed E-state index contributed by atoms with van der Waals surface area (Å²) in [7, 11) is 0. The molecule has 0 spiro atoms. The zero-order chi connectivity index (χ0) is 18.3. The quantitative estimate of drug-likeness (QED) is 0.505. The van der Waals surface area contributed by atoms with Gasteiger partial charge in [-0.1, -0.05) is 54.2 Å². The maximum Gasteiger partial charge on any atom is 0.344 e. The molecule has 26 heavy (non-hydrogen) atoms. The van der Waals surface area contributed by atoms with Crippen molar-refractivity contribution in [2.45, 2.75) is 13.3 Å². The number of aromatic hydroxyl groups is 1. The molecule has 0 bridgehead atoms. The lowest BCUT2D eigenvalue weighted by atomic mass is 9.89. The maximum atomic E-state index is 12.9. The fourth-order valence-corrected chi connectivity index (χ4v) is 3.52. The van der Waals surface area contributed by atoms with Crippen molar-refractivity contribution in [3.05, 3.63) is 82.2 Å². The van der Waals surface area contributed by atoms with Gasteiger partial charge in [-0.2, -0.15) is 0 Å². The molecule has 2 aromatic carbocycles. The van der Waals surface area contributed by atoms with E-state index in [0.717, 1.165) is 27.6 Å². The summed E-state index contributed by atoms with van der Waals surface area (Å²) in [4.78, 5) is 13.6. The topological polar surface area (TPSA) is 50.4 Å². The molecule has 0 fully saturated rings. The SMILES string of the molecule is Cc1ccc2oc(=O)c(C3=CC=CCC3=S)c(-c3ccc(O)cc3)c2c1. The summed E-state index contributed by atoms with van der Waals surface area (Å²) < 4.78 is 5.61. The minimum Gasteiger partial charge on any atom is -0.508 e. The second-order valence-corrected chi connectivity index (χ2v) is 6.81. The van der Waals surface area contributed by atoms with E-state index in [1.165, 1.54) is 0 Å². The number of fused-ring (bicyclic) bond motifs is 1. The largest absolute Gasteiger partial charge is 0.508 e. The highest BCUT2D eigenvalue weighted by Crippen LogP contribution is 2.36. The third-order valence-corrected chi connectivity index (χ3v) is 4.88. The predicted octanol–water partition coefficient (Wildman–Crippen LogP) is 5.19. The molecule has 0 amide bonds. The Morgan fingerprint density at radius 1 is 1.08 bits per heavy atom. The van der Waals surface area contributed by atoms with Crippen LogP contribution in [0.4, 0.5) is 0 Å². The minimum absolute atomic E-state index is 0.175. The first-order chi connectivity index (χ1) is 12.5. The number of rotatable bonds is 2. The Kier molecular flexibility index (Phi) is 4.05. The third-order valence-electron chi connectivity index (χ3n) is 4.49. The number of phenols is 1. The first kappa shape index (κ1) is 16.5. The van der Waals surface area contributed by atoms with Crippen molar-refractivity contribution in [1.29, 1.82) is 0 Å². The Labute approximate surface area is 155 Å². The minimum atomic E-state index is -0.409. The van der Waals surface area contributed by atoms with E-state index in [1.807, 2.05) is 43.4 Å². The number of thiocarbonyl (C=S) groups is 1. The van der Waals surface area contributed by atoms with Crippen molar-refractivity contribution in [3.8, 4) is 16.9 Å². The second-order valence-electron chi connectivity index (χ2n) is 6.32. The Balaban J connectivity index is 2.15. The van der Waals surface area contributed by atoms with Crippen LogP contribution in [0, 0.1) is 6.92 Å². The molecule has 0 unspecified atom stereocenters. The van der Waals surface area contributed by atoms with Gasteiger partial charge in [0, 0.05) is 27.8 Å². The highest BCUT2D eigenvalue weighted by Gasteiger charge is 2.22. The van der Waals surface area contributed by atoms with Gasteiger partial charge in [-0.15, -0.1) is 0 Å². The summed E-state index contributed by atoms with van der Waals surface area (Å²) in [5.41, 5.74) is 4.00. The van der Waals surface area contributed by atoms with E-state index in [4.69, 9.17) is 16.6 Å². The number of allylic oxidation sites excluding steroid dienone is 4. The number of hydrogen-bond donors (Lipinski definition) is 1. The van der Waals surface area contributed by atoms with Crippen LogP contribution in [-0.4, -0.2) is 9.97 Å². The summed E-state index contributed by atoms with van der Waals surface area (Å²) in [6, 6.07) is 12.6. The smallest absolute Gasteiger partial charge is 0.344 e. The fourth-order valence-electron chi connectivity index (χ4n) is 3.25. The Morgan fingerprint density at radius 2 is 1.85 bits per heavy atom. The van der Waals surface area contributed by atoms with E-state index in [9.17, 15) is 9.90 Å². The molecular weight excluding hydrogens is 344 g/mol. The van der Waals surface area contributed by atoms with Gasteiger partial charge in [0.1, 0.15) is 11.3 Å². The zero-order valence-electron chi connectivity index (χ0n) is 14.2. The van der Waals surface area contributed by atoms with Crippen molar-refractivity contribution in [3.63, 3.8) is 0 Å². The van der Waals surface area contributed by atoms with Gasteiger partial charge in [0.2, 0.25) is 0 Å². The lowest BCUT2D eigenvalue weighted by molar-refractivity contribution is 0.475. The molecule has 1 aliphatic rings. The standard InChI is InChI=1S/C22H16O3S/c1-13-6-11-18-17(12-13)20(14-7-9-15(23)10-8-14)21(22(24)25-18)16-4-2-3-5-19(16)26/h2-4,6-12,23H,5H2,1H3. The first-order valence-electron chi connectivity index (χ1n) is 8.32. The molecule has 128 valence electrons. The molecule has 3 nitrogen and oxygen atoms in total. The third kappa shape index (κ3) is 2.78. The molecule has 1 aliphatic carbocycles. The molecule has 1 aromatic heterocycles. The van der Waals surface area contributed by atoms with E-state index in [1.54, 1.807) is 24.3 Å². The van der Waals surface area contributed by atoms with Crippen LogP contribution in [0.1, 0.15) is 17.5 Å². The van der Waals surface area contributed by atoms with Crippen molar-refractivity contribution in [2.24, 2.45) is 0 Å². The molecule has 4 heteroatoms. The van der Waals surface area contributed by atoms with E-state index < -0.39 is 5.63 Å². The first-order valence-corrected chi connectivity index (χ1v) is 8.72. The molecule has 0 saturated carbocycles. The summed E-state index contributed by atoms with van der Waals surface area (Å²) >= 11 is 5.51. The molecule has 1 N–H and O–H groups in total. The van der Waals surface area contributed by atoms with Crippen LogP contribution in [0.3, 0.4) is 0 Å². The van der Waals surface area contributed by atoms with E-state index in [-0.39, 0.29) is 5.75 Å². The number of aryl methyl sites for hydroxylation is 1. The molecule has 0 saturated heterocycles. The monoisotopic (exact) mass is 360 g/mol. The van der Waals surface area contributed by atoms with Crippen LogP contribution in [0.5, 0.6) is 5.75 Å². The van der Waals surface area contributed by atoms with Gasteiger partial charge >= 0.3 is 5.63 Å². The summed E-state index contributed by atoms with van der Waals surface area (Å²) in [5, 5.41) is 10.5. The second kappa shape index (κ2) is 6.39. The lowest BCUT2D eigenvalue weighted by Crippen LogP contribution is -2.14. The summed E-state index contributed by atoms with van der Waals surface area (Å²) in [6.07, 6.45) is 6.37. The average molecular weight is 360 g/mol. The zero-order valence-corrected chi connectivity index (χ0v) is 15.0. The average Bonchev–Trinajstić information content (AvgIpc) is 2.63. The van der Waals surface area contributed by atoms with Crippen molar-refractivity contribution >= 4 is 33.6 Å². The maximum absolute atomic E-state index is 12.9. The number of benzene rings is 2. The van der Waals surface area contributed by atoms with Gasteiger partial charge in [0.15, 0.2) is 0 Å². The molecule has 3 aromatic rings. The van der Waals surface area contributed by atoms with Gasteiger partial charge < -0.3 is 9.52 Å². The highest BCUT2D eigenvalue weighted by molar-refractivity contribution is 7.81. The molecule has 0 aliphatic heterocycles. The molecule has 0 atom stereocenters. The normalized spacial score (nSPS) is 13.9. The number of phenolic OH excluding ortho intramolecular Hbond substituents is 1. The van der Waals surface area contributed by atoms with E-state index >= 15 is 0 Å². The van der Waals surface area contributed by atoms with Gasteiger partial charge in [-0.3, -0.25) is 0 Å². The van der Waals surface area contributed by atoms with Crippen LogP contribution in [0.25, 0.3) is 27.7 Å². The Morgan fingerprint density at radius 3 is 2.58 bits per heavy atom. The highest BCUT2D eigenvalue weighted by atomic mass is 32.1. The molecular formula is C22H16O3S. The summed E-state index contributed by atoms with van der Waals surface area (Å²) in [5.74, 6) is 0.175. The van der Waals surface area contributed by atoms with Crippen LogP contribution in [-0.2, 0) is 0 Å². The van der Waals surface area contributed by atoms with Crippen LogP contribution in [0.15, 0.2) is 69.9 Å². The Hall–Kier alpha value is -2.98. The molecule has 1 heterocycles. The van der Waals surface area contributed by atoms with Crippen molar-refractivity contribution in [1.82, 2.24) is 0 Å². The molecule has 4 rings (SSSR count). The van der Waals surface area contributed by atoms with Crippen molar-refractivity contribution in [2.75, 3.05) is 0 Å². The van der Waals surface area contributed by atoms with E-state index in [0.29, 0.717) is 22.4 Å². The molecule has 0 radical (unpaired) electrons. The van der Waals surface area contributed by atoms with Crippen molar-refractivity contribution < 1.29 is 9.52 Å². The summed E-state index contributed by atoms with van der Waals surface area (Å²) in [6.45, 7) is 2.00. The number of hydrogen-bond acceptors (Lipinski definition) is 4. The lowest BCUT2D eigenvalue weighted by Gasteiger charge is -2.16. The van der Waals surface area contributed by atoms with E-state index in [2.05, 4.69) is 0 Å². The van der Waals surface area contributed by atoms with Gasteiger partial charge in [-0.05, 0) is 36.8 Å². The Bertz CT molecular complexity index is 1150. The van der Waals surface area contributed by atoms with Gasteiger partial charge in [0.05, 0.1) is 5.56 Å². The van der Waals surface area contributed by atoms with Crippen LogP contribution < -0.4 is 5.63 Å². The van der Waals surface area contributed by atoms with Crippen LogP contribution >= 0.6 is 12.2 Å². The van der Waals surface area contributed by atoms with Gasteiger partial charge in [-0.25, -0.2) is 4.79 Å². The van der Waals surface area contributed by atoms with Gasteiger partial charge in [0.25, 0.3) is 0 Å². The fraction of sp³-hybridized carbons (Fsp3) is 0.0909. The predicted molar refractivity (Wildman–Crippen MR) is 109 cm³/mol. The van der Waals surface area contributed by atoms with Crippen LogP contribution in [0.2, 0.25) is 0 Å².